The van der Waals surface area contributed by atoms with Crippen molar-refractivity contribution in [1.82, 2.24) is 9.80 Å². The van der Waals surface area contributed by atoms with Gasteiger partial charge in [-0.05, 0) is 50.7 Å². The number of furan rings is 1. The monoisotopic (exact) mass is 380 g/mol. The first-order valence-corrected chi connectivity index (χ1v) is 10.3. The van der Waals surface area contributed by atoms with Gasteiger partial charge in [-0.15, -0.1) is 0 Å². The molecule has 1 aromatic heterocycles. The van der Waals surface area contributed by atoms with E-state index in [1.807, 2.05) is 17.9 Å². The first-order chi connectivity index (χ1) is 13.6. The average Bonchev–Trinajstić information content (AvgIpc) is 3.33. The lowest BCUT2D eigenvalue weighted by atomic mass is 9.78. The van der Waals surface area contributed by atoms with Crippen LogP contribution in [0.15, 0.2) is 47.1 Å². The molecular weight excluding hydrogens is 352 g/mol. The summed E-state index contributed by atoms with van der Waals surface area (Å²) in [6, 6.07) is 12.2. The van der Waals surface area contributed by atoms with Gasteiger partial charge in [0.15, 0.2) is 5.76 Å². The maximum Gasteiger partial charge on any atom is 0.289 e. The van der Waals surface area contributed by atoms with Crippen molar-refractivity contribution in [3.8, 4) is 0 Å². The molecule has 0 unspecified atom stereocenters. The molecule has 2 aliphatic heterocycles. The maximum atomic E-state index is 13.3. The van der Waals surface area contributed by atoms with Gasteiger partial charge in [0.05, 0.1) is 11.7 Å². The summed E-state index contributed by atoms with van der Waals surface area (Å²) in [6.45, 7) is 4.65. The molecule has 2 saturated heterocycles. The Labute approximate surface area is 166 Å². The van der Waals surface area contributed by atoms with E-state index in [1.54, 1.807) is 17.2 Å². The number of hydrogen-bond acceptors (Lipinski definition) is 3. The number of rotatable bonds is 5. The summed E-state index contributed by atoms with van der Waals surface area (Å²) < 4.78 is 5.37. The van der Waals surface area contributed by atoms with E-state index in [9.17, 15) is 9.59 Å². The molecule has 0 radical (unpaired) electrons. The van der Waals surface area contributed by atoms with Crippen LogP contribution >= 0.6 is 0 Å². The summed E-state index contributed by atoms with van der Waals surface area (Å²) in [5.74, 6) is 0.548. The molecule has 1 atom stereocenters. The van der Waals surface area contributed by atoms with Crippen LogP contribution in [0.4, 0.5) is 0 Å². The molecule has 148 valence electrons. The molecule has 0 N–H and O–H groups in total. The van der Waals surface area contributed by atoms with Gasteiger partial charge in [-0.1, -0.05) is 30.3 Å². The fourth-order valence-corrected chi connectivity index (χ4v) is 4.64. The highest BCUT2D eigenvalue weighted by Crippen LogP contribution is 2.40. The number of aryl methyl sites for hydroxylation is 2. The van der Waals surface area contributed by atoms with Crippen molar-refractivity contribution in [2.24, 2.45) is 5.41 Å². The number of amides is 2. The third kappa shape index (κ3) is 3.58. The van der Waals surface area contributed by atoms with Crippen molar-refractivity contribution in [2.75, 3.05) is 26.2 Å². The Kier molecular flexibility index (Phi) is 5.25. The van der Waals surface area contributed by atoms with Gasteiger partial charge in [0.1, 0.15) is 0 Å². The van der Waals surface area contributed by atoms with Crippen molar-refractivity contribution in [3.63, 3.8) is 0 Å². The van der Waals surface area contributed by atoms with Crippen molar-refractivity contribution in [1.29, 1.82) is 0 Å². The van der Waals surface area contributed by atoms with Gasteiger partial charge in [0, 0.05) is 31.7 Å². The number of carbonyl (C=O) groups excluding carboxylic acids is 2. The molecule has 2 amide bonds. The molecule has 0 bridgehead atoms. The van der Waals surface area contributed by atoms with E-state index in [-0.39, 0.29) is 11.8 Å². The lowest BCUT2D eigenvalue weighted by molar-refractivity contribution is -0.145. The summed E-state index contributed by atoms with van der Waals surface area (Å²) in [7, 11) is 0. The quantitative estimate of drug-likeness (QED) is 0.795. The minimum Gasteiger partial charge on any atom is -0.459 e. The van der Waals surface area contributed by atoms with Gasteiger partial charge in [-0.3, -0.25) is 9.59 Å². The summed E-state index contributed by atoms with van der Waals surface area (Å²) >= 11 is 0. The van der Waals surface area contributed by atoms with Crippen LogP contribution in [0.25, 0.3) is 0 Å². The van der Waals surface area contributed by atoms with Crippen LogP contribution in [-0.2, 0) is 11.2 Å². The molecule has 28 heavy (non-hydrogen) atoms. The molecule has 1 aromatic carbocycles. The van der Waals surface area contributed by atoms with E-state index in [4.69, 9.17) is 4.42 Å². The van der Waals surface area contributed by atoms with E-state index in [2.05, 4.69) is 24.3 Å². The van der Waals surface area contributed by atoms with E-state index in [1.165, 1.54) is 5.56 Å². The largest absolute Gasteiger partial charge is 0.459 e. The Hall–Kier alpha value is -2.56. The van der Waals surface area contributed by atoms with Crippen molar-refractivity contribution >= 4 is 11.8 Å². The van der Waals surface area contributed by atoms with Crippen molar-refractivity contribution < 1.29 is 14.0 Å². The van der Waals surface area contributed by atoms with E-state index < -0.39 is 5.41 Å². The highest BCUT2D eigenvalue weighted by molar-refractivity contribution is 5.94. The number of benzene rings is 1. The Bertz CT molecular complexity index is 845. The van der Waals surface area contributed by atoms with E-state index in [0.717, 1.165) is 50.8 Å². The number of likely N-dealkylation sites (tertiary alicyclic amines) is 2. The minimum atomic E-state index is -0.402. The van der Waals surface area contributed by atoms with Crippen molar-refractivity contribution in [2.45, 2.75) is 39.0 Å². The Morgan fingerprint density at radius 1 is 1.14 bits per heavy atom. The zero-order valence-corrected chi connectivity index (χ0v) is 16.5. The van der Waals surface area contributed by atoms with Crippen molar-refractivity contribution in [3.05, 3.63) is 59.5 Å². The fraction of sp³-hybridized carbons (Fsp3) is 0.478. The minimum absolute atomic E-state index is 0.0895. The second-order valence-electron chi connectivity index (χ2n) is 8.17. The summed E-state index contributed by atoms with van der Waals surface area (Å²) in [6.07, 6.45) is 6.15. The van der Waals surface area contributed by atoms with Gasteiger partial charge in [0.2, 0.25) is 5.91 Å². The second kappa shape index (κ2) is 7.82. The second-order valence-corrected chi connectivity index (χ2v) is 8.17. The highest BCUT2D eigenvalue weighted by Gasteiger charge is 2.49. The van der Waals surface area contributed by atoms with Gasteiger partial charge in [0.25, 0.3) is 5.91 Å². The van der Waals surface area contributed by atoms with E-state index in [0.29, 0.717) is 18.8 Å². The predicted octanol–water partition coefficient (Wildman–Crippen LogP) is 3.68. The Balaban J connectivity index is 1.37. The SMILES string of the molecule is Cc1ccoc1C(=O)N1CC[C@@]2(CCCN(CCCc3ccccc3)C2=O)C1. The molecule has 5 nitrogen and oxygen atoms in total. The van der Waals surface area contributed by atoms with Gasteiger partial charge in [-0.2, -0.15) is 0 Å². The molecule has 2 aliphatic rings. The number of hydrogen-bond donors (Lipinski definition) is 0. The lowest BCUT2D eigenvalue weighted by Crippen LogP contribution is -2.50. The zero-order chi connectivity index (χ0) is 19.6. The third-order valence-corrected chi connectivity index (χ3v) is 6.26. The van der Waals surface area contributed by atoms with Crippen LogP contribution in [0.1, 0.15) is 47.4 Å². The topological polar surface area (TPSA) is 53.8 Å². The molecule has 2 fully saturated rings. The molecule has 2 aromatic rings. The smallest absolute Gasteiger partial charge is 0.289 e. The Morgan fingerprint density at radius 2 is 1.96 bits per heavy atom. The van der Waals surface area contributed by atoms with Gasteiger partial charge >= 0.3 is 0 Å². The average molecular weight is 380 g/mol. The maximum absolute atomic E-state index is 13.3. The van der Waals surface area contributed by atoms with Crippen LogP contribution in [0.2, 0.25) is 0 Å². The summed E-state index contributed by atoms with van der Waals surface area (Å²) in [4.78, 5) is 29.9. The van der Waals surface area contributed by atoms with Crippen LogP contribution in [0.5, 0.6) is 0 Å². The van der Waals surface area contributed by atoms with Crippen LogP contribution in [0, 0.1) is 12.3 Å². The molecule has 0 saturated carbocycles. The molecule has 1 spiro atoms. The molecule has 0 aliphatic carbocycles. The first-order valence-electron chi connectivity index (χ1n) is 10.3. The van der Waals surface area contributed by atoms with Crippen LogP contribution in [0.3, 0.4) is 0 Å². The zero-order valence-electron chi connectivity index (χ0n) is 16.5. The molecule has 4 rings (SSSR count). The number of nitrogens with zero attached hydrogens (tertiary/aromatic N) is 2. The summed E-state index contributed by atoms with van der Waals surface area (Å²) in [5.41, 5.74) is 1.76. The van der Waals surface area contributed by atoms with Crippen LogP contribution < -0.4 is 0 Å². The fourth-order valence-electron chi connectivity index (χ4n) is 4.64. The predicted molar refractivity (Wildman–Crippen MR) is 107 cm³/mol. The molecule has 3 heterocycles. The normalized spacial score (nSPS) is 22.2. The number of carbonyl (C=O) groups is 2. The Morgan fingerprint density at radius 3 is 2.71 bits per heavy atom. The highest BCUT2D eigenvalue weighted by atomic mass is 16.3. The molecule has 5 heteroatoms. The first kappa shape index (κ1) is 18.8. The third-order valence-electron chi connectivity index (χ3n) is 6.26. The standard InChI is InChI=1S/C23H28N2O3/c1-18-10-16-28-20(18)21(26)25-15-12-23(17-25)11-6-14-24(22(23)27)13-5-9-19-7-3-2-4-8-19/h2-4,7-8,10,16H,5-6,9,11-15,17H2,1H3/t23-/m0/s1. The van der Waals surface area contributed by atoms with Gasteiger partial charge in [-0.25, -0.2) is 0 Å². The van der Waals surface area contributed by atoms with E-state index >= 15 is 0 Å². The number of piperidine rings is 1. The summed E-state index contributed by atoms with van der Waals surface area (Å²) in [5, 5.41) is 0. The molecular formula is C23H28N2O3. The lowest BCUT2D eigenvalue weighted by Gasteiger charge is -2.39. The van der Waals surface area contributed by atoms with Gasteiger partial charge < -0.3 is 14.2 Å². The van der Waals surface area contributed by atoms with Crippen LogP contribution in [-0.4, -0.2) is 47.8 Å².